The van der Waals surface area contributed by atoms with E-state index in [9.17, 15) is 5.11 Å². The van der Waals surface area contributed by atoms with E-state index in [1.165, 1.54) is 0 Å². The number of hydrogen-bond donors (Lipinski definition) is 1. The van der Waals surface area contributed by atoms with E-state index in [2.05, 4.69) is 0 Å². The van der Waals surface area contributed by atoms with Gasteiger partial charge in [0.2, 0.25) is 0 Å². The Hall–Kier alpha value is -1.10. The van der Waals surface area contributed by atoms with Gasteiger partial charge in [-0.05, 0) is 32.8 Å². The molecular weight excluding hydrogens is 256 g/mol. The fourth-order valence-electron chi connectivity index (χ4n) is 2.37. The first-order valence-corrected chi connectivity index (χ1v) is 7.30. The van der Waals surface area contributed by atoms with Crippen LogP contribution in [0.4, 0.5) is 0 Å². The number of benzene rings is 1. The molecule has 20 heavy (non-hydrogen) atoms. The average molecular weight is 280 g/mol. The normalized spacial score (nSPS) is 18.2. The minimum Gasteiger partial charge on any atom is -0.491 e. The highest BCUT2D eigenvalue weighted by Crippen LogP contribution is 2.30. The van der Waals surface area contributed by atoms with Crippen molar-refractivity contribution >= 4 is 0 Å². The Labute approximate surface area is 120 Å². The third-order valence-corrected chi connectivity index (χ3v) is 3.32. The highest BCUT2D eigenvalue weighted by atomic mass is 16.5. The van der Waals surface area contributed by atoms with Crippen molar-refractivity contribution in [1.29, 1.82) is 0 Å². The van der Waals surface area contributed by atoms with E-state index in [4.69, 9.17) is 14.2 Å². The summed E-state index contributed by atoms with van der Waals surface area (Å²) in [5.41, 5.74) is 0.912. The van der Waals surface area contributed by atoms with Crippen molar-refractivity contribution in [1.82, 2.24) is 0 Å². The molecule has 0 radical (unpaired) electrons. The van der Waals surface area contributed by atoms with Gasteiger partial charge in [-0.3, -0.25) is 0 Å². The van der Waals surface area contributed by atoms with E-state index in [0.29, 0.717) is 0 Å². The second-order valence-electron chi connectivity index (χ2n) is 5.32. The van der Waals surface area contributed by atoms with E-state index in [1.54, 1.807) is 0 Å². The molecule has 2 rings (SSSR count). The Bertz CT molecular complexity index is 399. The molecule has 1 atom stereocenters. The first kappa shape index (κ1) is 15.3. The molecule has 0 bridgehead atoms. The van der Waals surface area contributed by atoms with Gasteiger partial charge in [-0.1, -0.05) is 18.2 Å². The highest BCUT2D eigenvalue weighted by molar-refractivity contribution is 5.35. The number of rotatable bonds is 6. The summed E-state index contributed by atoms with van der Waals surface area (Å²) in [7, 11) is 0. The summed E-state index contributed by atoms with van der Waals surface area (Å²) >= 11 is 0. The van der Waals surface area contributed by atoms with Crippen LogP contribution in [0.3, 0.4) is 0 Å². The zero-order chi connectivity index (χ0) is 14.4. The van der Waals surface area contributed by atoms with Crippen molar-refractivity contribution in [3.63, 3.8) is 0 Å². The summed E-state index contributed by atoms with van der Waals surface area (Å²) in [6.45, 7) is 5.39. The maximum atomic E-state index is 9.66. The highest BCUT2D eigenvalue weighted by Gasteiger charge is 2.22. The molecule has 4 heteroatoms. The van der Waals surface area contributed by atoms with Crippen LogP contribution in [0.2, 0.25) is 0 Å². The van der Waals surface area contributed by atoms with Gasteiger partial charge in [-0.2, -0.15) is 0 Å². The second kappa shape index (κ2) is 7.62. The standard InChI is InChI=1S/C16H24O4/c1-12(2)19-15-6-4-3-5-14(15)16(11-17)20-13-7-9-18-10-8-13/h3-6,12-13,16-17H,7-11H2,1-2H3/t16-/m0/s1. The van der Waals surface area contributed by atoms with Crippen LogP contribution in [0, 0.1) is 0 Å². The van der Waals surface area contributed by atoms with Crippen molar-refractivity contribution in [3.05, 3.63) is 29.8 Å². The Morgan fingerprint density at radius 1 is 1.25 bits per heavy atom. The smallest absolute Gasteiger partial charge is 0.125 e. The Morgan fingerprint density at radius 2 is 1.95 bits per heavy atom. The lowest BCUT2D eigenvalue weighted by Gasteiger charge is -2.28. The van der Waals surface area contributed by atoms with Crippen molar-refractivity contribution in [3.8, 4) is 5.75 Å². The predicted molar refractivity (Wildman–Crippen MR) is 77.0 cm³/mol. The first-order chi connectivity index (χ1) is 9.70. The van der Waals surface area contributed by atoms with Crippen molar-refractivity contribution < 1.29 is 19.3 Å². The summed E-state index contributed by atoms with van der Waals surface area (Å²) in [4.78, 5) is 0. The zero-order valence-corrected chi connectivity index (χ0v) is 12.2. The molecule has 0 saturated carbocycles. The maximum Gasteiger partial charge on any atom is 0.125 e. The minimum atomic E-state index is -0.340. The number of para-hydroxylation sites is 1. The van der Waals surface area contributed by atoms with Crippen molar-refractivity contribution in [2.45, 2.75) is 45.0 Å². The molecule has 1 aliphatic heterocycles. The third kappa shape index (κ3) is 4.20. The molecule has 1 N–H and O–H groups in total. The summed E-state index contributed by atoms with van der Waals surface area (Å²) in [6, 6.07) is 7.76. The van der Waals surface area contributed by atoms with Gasteiger partial charge in [0.1, 0.15) is 11.9 Å². The Morgan fingerprint density at radius 3 is 2.60 bits per heavy atom. The molecule has 112 valence electrons. The van der Waals surface area contributed by atoms with Crippen LogP contribution in [0.1, 0.15) is 38.4 Å². The summed E-state index contributed by atoms with van der Waals surface area (Å²) < 4.78 is 17.2. The van der Waals surface area contributed by atoms with E-state index in [1.807, 2.05) is 38.1 Å². The first-order valence-electron chi connectivity index (χ1n) is 7.30. The molecule has 0 unspecified atom stereocenters. The van der Waals surface area contributed by atoms with Gasteiger partial charge in [0.25, 0.3) is 0 Å². The lowest BCUT2D eigenvalue weighted by molar-refractivity contribution is -0.0855. The van der Waals surface area contributed by atoms with Gasteiger partial charge >= 0.3 is 0 Å². The van der Waals surface area contributed by atoms with Crippen LogP contribution in [0.5, 0.6) is 5.75 Å². The number of aliphatic hydroxyl groups excluding tert-OH is 1. The van der Waals surface area contributed by atoms with Gasteiger partial charge in [-0.15, -0.1) is 0 Å². The van der Waals surface area contributed by atoms with Crippen LogP contribution in [0.15, 0.2) is 24.3 Å². The second-order valence-corrected chi connectivity index (χ2v) is 5.32. The summed E-state index contributed by atoms with van der Waals surface area (Å²) in [5.74, 6) is 0.786. The topological polar surface area (TPSA) is 47.9 Å². The van der Waals surface area contributed by atoms with Crippen LogP contribution in [0.25, 0.3) is 0 Å². The van der Waals surface area contributed by atoms with Gasteiger partial charge in [0.15, 0.2) is 0 Å². The maximum absolute atomic E-state index is 9.66. The third-order valence-electron chi connectivity index (χ3n) is 3.32. The molecule has 1 aromatic rings. The minimum absolute atomic E-state index is 0.0458. The Kier molecular flexibility index (Phi) is 5.83. The van der Waals surface area contributed by atoms with Crippen molar-refractivity contribution in [2.24, 2.45) is 0 Å². The van der Waals surface area contributed by atoms with Gasteiger partial charge in [-0.25, -0.2) is 0 Å². The molecular formula is C16H24O4. The number of aliphatic hydroxyl groups is 1. The molecule has 1 heterocycles. The van der Waals surface area contributed by atoms with E-state index >= 15 is 0 Å². The summed E-state index contributed by atoms with van der Waals surface area (Å²) in [6.07, 6.45) is 1.66. The zero-order valence-electron chi connectivity index (χ0n) is 12.2. The molecule has 0 aliphatic carbocycles. The van der Waals surface area contributed by atoms with Gasteiger partial charge in [0.05, 0.1) is 18.8 Å². The van der Waals surface area contributed by atoms with Crippen LogP contribution < -0.4 is 4.74 Å². The van der Waals surface area contributed by atoms with Gasteiger partial charge < -0.3 is 19.3 Å². The van der Waals surface area contributed by atoms with Crippen molar-refractivity contribution in [2.75, 3.05) is 19.8 Å². The van der Waals surface area contributed by atoms with Gasteiger partial charge in [0, 0.05) is 18.8 Å². The van der Waals surface area contributed by atoms with E-state index < -0.39 is 0 Å². The fourth-order valence-corrected chi connectivity index (χ4v) is 2.37. The molecule has 4 nitrogen and oxygen atoms in total. The lowest BCUT2D eigenvalue weighted by atomic mass is 10.1. The number of ether oxygens (including phenoxy) is 3. The largest absolute Gasteiger partial charge is 0.491 e. The Balaban J connectivity index is 2.09. The SMILES string of the molecule is CC(C)Oc1ccccc1[C@H](CO)OC1CCOCC1. The molecule has 1 aromatic carbocycles. The summed E-state index contributed by atoms with van der Waals surface area (Å²) in [5, 5.41) is 9.66. The number of hydrogen-bond acceptors (Lipinski definition) is 4. The lowest BCUT2D eigenvalue weighted by Crippen LogP contribution is -2.26. The van der Waals surface area contributed by atoms with Crippen LogP contribution in [-0.4, -0.2) is 37.1 Å². The monoisotopic (exact) mass is 280 g/mol. The van der Waals surface area contributed by atoms with E-state index in [0.717, 1.165) is 37.4 Å². The molecule has 0 spiro atoms. The average Bonchev–Trinajstić information content (AvgIpc) is 2.46. The predicted octanol–water partition coefficient (Wildman–Crippen LogP) is 2.70. The molecule has 0 amide bonds. The quantitative estimate of drug-likeness (QED) is 0.870. The fraction of sp³-hybridized carbons (Fsp3) is 0.625. The molecule has 1 saturated heterocycles. The van der Waals surface area contributed by atoms with Crippen LogP contribution >= 0.6 is 0 Å². The van der Waals surface area contributed by atoms with E-state index in [-0.39, 0.29) is 24.9 Å². The molecule has 1 aliphatic rings. The molecule has 1 fully saturated rings. The molecule has 0 aromatic heterocycles. The van der Waals surface area contributed by atoms with Crippen LogP contribution in [-0.2, 0) is 9.47 Å².